The first-order valence-corrected chi connectivity index (χ1v) is 5.82. The van der Waals surface area contributed by atoms with Crippen molar-refractivity contribution in [2.75, 3.05) is 0 Å². The topological polar surface area (TPSA) is 23.1 Å². The van der Waals surface area contributed by atoms with Crippen molar-refractivity contribution >= 4 is 31.8 Å². The lowest BCUT2D eigenvalue weighted by atomic mass is 10.1. The highest BCUT2D eigenvalue weighted by Crippen LogP contribution is 2.25. The van der Waals surface area contributed by atoms with E-state index in [4.69, 9.17) is 10.7 Å². The van der Waals surface area contributed by atoms with Gasteiger partial charge >= 0.3 is 0 Å². The Kier molecular flexibility index (Phi) is 2.44. The second-order valence-corrected chi connectivity index (χ2v) is 4.43. The summed E-state index contributed by atoms with van der Waals surface area (Å²) >= 11 is 0. The summed E-state index contributed by atoms with van der Waals surface area (Å²) in [5.74, 6) is 0. The zero-order valence-electron chi connectivity index (χ0n) is 6.74. The number of benzene rings is 2. The van der Waals surface area contributed by atoms with Gasteiger partial charge in [-0.15, -0.1) is 0 Å². The van der Waals surface area contributed by atoms with E-state index >= 15 is 0 Å². The fourth-order valence-electron chi connectivity index (χ4n) is 1.34. The van der Waals surface area contributed by atoms with Crippen molar-refractivity contribution in [2.45, 2.75) is 4.90 Å². The van der Waals surface area contributed by atoms with E-state index in [1.165, 1.54) is 0 Å². The Morgan fingerprint density at radius 2 is 1.69 bits per heavy atom. The molecule has 0 amide bonds. The second kappa shape index (κ2) is 3.58. The van der Waals surface area contributed by atoms with Crippen LogP contribution in [0.5, 0.6) is 0 Å². The van der Waals surface area contributed by atoms with E-state index < -0.39 is 10.4 Å². The van der Waals surface area contributed by atoms with Crippen LogP contribution in [0.25, 0.3) is 10.8 Å². The summed E-state index contributed by atoms with van der Waals surface area (Å²) in [5.41, 5.74) is 0. The average Bonchev–Trinajstić information content (AvgIpc) is 2.17. The second-order valence-electron chi connectivity index (χ2n) is 2.70. The molecule has 0 aliphatic carbocycles. The van der Waals surface area contributed by atoms with Crippen molar-refractivity contribution in [1.29, 1.82) is 0 Å². The predicted octanol–water partition coefficient (Wildman–Crippen LogP) is 3.10. The minimum absolute atomic E-state index is 0.680. The fraction of sp³-hybridized carbons (Fsp3) is 0. The number of halogens is 1. The van der Waals surface area contributed by atoms with Crippen LogP contribution in [-0.4, -0.2) is 4.55 Å². The van der Waals surface area contributed by atoms with Crippen molar-refractivity contribution in [1.82, 2.24) is 0 Å². The summed E-state index contributed by atoms with van der Waals surface area (Å²) in [6, 6.07) is 13.4. The number of hydrogen-bond acceptors (Lipinski definition) is 1. The van der Waals surface area contributed by atoms with E-state index in [0.29, 0.717) is 4.90 Å². The molecule has 1 unspecified atom stereocenters. The number of fused-ring (bicyclic) bond motifs is 1. The highest BCUT2D eigenvalue weighted by molar-refractivity contribution is 8.13. The third-order valence-corrected chi connectivity index (χ3v) is 3.12. The van der Waals surface area contributed by atoms with Crippen LogP contribution in [0, 0.1) is 0 Å². The van der Waals surface area contributed by atoms with Gasteiger partial charge in [0.1, 0.15) is 10.4 Å². The van der Waals surface area contributed by atoms with E-state index in [2.05, 4.69) is 0 Å². The predicted molar refractivity (Wildman–Crippen MR) is 56.2 cm³/mol. The highest BCUT2D eigenvalue weighted by Gasteiger charge is 2.11. The third-order valence-electron chi connectivity index (χ3n) is 1.92. The van der Waals surface area contributed by atoms with Crippen LogP contribution < -0.4 is 0 Å². The molecule has 0 spiro atoms. The van der Waals surface area contributed by atoms with E-state index in [0.717, 1.165) is 10.8 Å². The molecule has 1 nitrogen and oxygen atoms in total. The SMILES string of the molecule is [O-][S+](Cl)c1cccc2ccccc12. The molecular formula is C10H7ClOS. The molecule has 0 aromatic heterocycles. The van der Waals surface area contributed by atoms with Gasteiger partial charge < -0.3 is 4.55 Å². The molecule has 0 radical (unpaired) electrons. The van der Waals surface area contributed by atoms with E-state index in [1.807, 2.05) is 36.4 Å². The number of hydrogen-bond donors (Lipinski definition) is 0. The van der Waals surface area contributed by atoms with Gasteiger partial charge in [-0.1, -0.05) is 30.3 Å². The van der Waals surface area contributed by atoms with Crippen LogP contribution in [0.2, 0.25) is 0 Å². The molecular weight excluding hydrogens is 204 g/mol. The van der Waals surface area contributed by atoms with Gasteiger partial charge in [-0.3, -0.25) is 0 Å². The van der Waals surface area contributed by atoms with Crippen molar-refractivity contribution in [3.63, 3.8) is 0 Å². The Balaban J connectivity index is 2.76. The monoisotopic (exact) mass is 210 g/mol. The van der Waals surface area contributed by atoms with Crippen LogP contribution in [0.3, 0.4) is 0 Å². The molecule has 2 rings (SSSR count). The fourth-order valence-corrected chi connectivity index (χ4v) is 2.28. The maximum atomic E-state index is 11.1. The standard InChI is InChI=1S/C10H7ClOS/c11-13(12)10-7-3-5-8-4-1-2-6-9(8)10/h1-7H. The largest absolute Gasteiger partial charge is 0.594 e. The summed E-state index contributed by atoms with van der Waals surface area (Å²) in [4.78, 5) is 0.680. The Morgan fingerprint density at radius 3 is 2.46 bits per heavy atom. The van der Waals surface area contributed by atoms with Crippen molar-refractivity contribution in [2.24, 2.45) is 0 Å². The van der Waals surface area contributed by atoms with Gasteiger partial charge in [-0.25, -0.2) is 0 Å². The molecule has 13 heavy (non-hydrogen) atoms. The normalized spacial score (nSPS) is 13.1. The van der Waals surface area contributed by atoms with Gasteiger partial charge in [0.05, 0.1) is 0 Å². The molecule has 66 valence electrons. The van der Waals surface area contributed by atoms with Crippen molar-refractivity contribution in [3.8, 4) is 0 Å². The third kappa shape index (κ3) is 1.66. The lowest BCUT2D eigenvalue weighted by Gasteiger charge is -2.03. The molecule has 3 heteroatoms. The first-order valence-electron chi connectivity index (χ1n) is 3.85. The van der Waals surface area contributed by atoms with Gasteiger partial charge in [0.2, 0.25) is 0 Å². The molecule has 0 saturated heterocycles. The minimum atomic E-state index is -1.43. The van der Waals surface area contributed by atoms with Crippen LogP contribution in [-0.2, 0) is 10.4 Å². The molecule has 0 bridgehead atoms. The summed E-state index contributed by atoms with van der Waals surface area (Å²) < 4.78 is 11.1. The molecule has 0 heterocycles. The molecule has 0 fully saturated rings. The quantitative estimate of drug-likeness (QED) is 0.664. The lowest BCUT2D eigenvalue weighted by Crippen LogP contribution is -1.91. The smallest absolute Gasteiger partial charge is 0.181 e. The minimum Gasteiger partial charge on any atom is -0.594 e. The zero-order chi connectivity index (χ0) is 9.26. The highest BCUT2D eigenvalue weighted by atomic mass is 35.7. The molecule has 0 aliphatic rings. The van der Waals surface area contributed by atoms with Crippen LogP contribution >= 0.6 is 10.7 Å². The van der Waals surface area contributed by atoms with E-state index in [9.17, 15) is 4.55 Å². The molecule has 1 atom stereocenters. The Labute approximate surface area is 84.0 Å². The summed E-state index contributed by atoms with van der Waals surface area (Å²) in [5, 5.41) is 2.02. The molecule has 0 saturated carbocycles. The summed E-state index contributed by atoms with van der Waals surface area (Å²) in [6.45, 7) is 0. The average molecular weight is 211 g/mol. The van der Waals surface area contributed by atoms with Crippen LogP contribution in [0.15, 0.2) is 47.4 Å². The number of rotatable bonds is 1. The van der Waals surface area contributed by atoms with Gasteiger partial charge in [-0.05, 0) is 17.5 Å². The van der Waals surface area contributed by atoms with Gasteiger partial charge in [0.25, 0.3) is 0 Å². The van der Waals surface area contributed by atoms with Gasteiger partial charge in [-0.2, -0.15) is 0 Å². The molecule has 0 aliphatic heterocycles. The Bertz CT molecular complexity index is 423. The summed E-state index contributed by atoms with van der Waals surface area (Å²) in [6.07, 6.45) is 0. The van der Waals surface area contributed by atoms with Crippen molar-refractivity contribution < 1.29 is 4.55 Å². The Hall–Kier alpha value is -0.700. The molecule has 2 aromatic rings. The van der Waals surface area contributed by atoms with Gasteiger partial charge in [0.15, 0.2) is 15.6 Å². The maximum Gasteiger partial charge on any atom is 0.181 e. The first kappa shape index (κ1) is 8.88. The van der Waals surface area contributed by atoms with E-state index in [-0.39, 0.29) is 0 Å². The van der Waals surface area contributed by atoms with E-state index in [1.54, 1.807) is 6.07 Å². The van der Waals surface area contributed by atoms with Crippen molar-refractivity contribution in [3.05, 3.63) is 42.5 Å². The zero-order valence-corrected chi connectivity index (χ0v) is 8.31. The lowest BCUT2D eigenvalue weighted by molar-refractivity contribution is 0.609. The molecule has 2 aromatic carbocycles. The molecule has 0 N–H and O–H groups in total. The van der Waals surface area contributed by atoms with Crippen LogP contribution in [0.1, 0.15) is 0 Å². The summed E-state index contributed by atoms with van der Waals surface area (Å²) in [7, 11) is 4.12. The van der Waals surface area contributed by atoms with Gasteiger partial charge in [0, 0.05) is 5.39 Å². The first-order chi connectivity index (χ1) is 6.29. The Morgan fingerprint density at radius 1 is 1.00 bits per heavy atom. The van der Waals surface area contributed by atoms with Crippen LogP contribution in [0.4, 0.5) is 0 Å². The maximum absolute atomic E-state index is 11.1.